The van der Waals surface area contributed by atoms with E-state index in [0.717, 1.165) is 19.3 Å². The fraction of sp³-hybridized carbons (Fsp3) is 0.278. The van der Waals surface area contributed by atoms with Gasteiger partial charge in [0.05, 0.1) is 17.2 Å². The summed E-state index contributed by atoms with van der Waals surface area (Å²) in [4.78, 5) is 9.84. The molecule has 0 aliphatic rings. The molecule has 2 aromatic rings. The number of esters is 1. The van der Waals surface area contributed by atoms with E-state index in [1.807, 2.05) is 0 Å². The van der Waals surface area contributed by atoms with Gasteiger partial charge in [-0.3, -0.25) is 0 Å². The topological polar surface area (TPSA) is 35.5 Å². The molecule has 0 radical (unpaired) electrons. The molecule has 0 fully saturated rings. The summed E-state index contributed by atoms with van der Waals surface area (Å²) in [6.45, 7) is 2.60. The fourth-order valence-corrected chi connectivity index (χ4v) is 3.61. The molecule has 0 unspecified atom stereocenters. The van der Waals surface area contributed by atoms with Gasteiger partial charge in [0.25, 0.3) is 0 Å². The first-order valence-corrected chi connectivity index (χ1v) is 10.6. The number of ether oxygens (including phenoxy) is 2. The van der Waals surface area contributed by atoms with Crippen molar-refractivity contribution >= 4 is 27.8 Å². The first kappa shape index (κ1) is 22.3. The Kier molecular flexibility index (Phi) is 5.92. The van der Waals surface area contributed by atoms with E-state index in [-0.39, 0.29) is 17.4 Å². The molecule has 2 aromatic carbocycles. The largest absolute Gasteiger partial charge is 0.494 e. The van der Waals surface area contributed by atoms with Crippen molar-refractivity contribution in [2.24, 2.45) is 0 Å². The Morgan fingerprint density at radius 2 is 1.57 bits per heavy atom. The second kappa shape index (κ2) is 7.44. The smallest absolute Gasteiger partial charge is 0.343 e. The highest BCUT2D eigenvalue weighted by Crippen LogP contribution is 3.02. The standard InChI is InChI=1S/C18H18ClF5O3S/c1-2-3-4-11-26-14-7-5-13(6-8-14)18(25)27-15-9-10-17(16(19)12-15)28(20,21,22,23)24/h5-10,12H,2-4,11H2,1H3. The van der Waals surface area contributed by atoms with E-state index in [2.05, 4.69) is 6.92 Å². The second-order valence-corrected chi connectivity index (χ2v) is 8.82. The molecule has 0 atom stereocenters. The molecule has 0 spiro atoms. The normalized spacial score (nSPS) is 14.1. The van der Waals surface area contributed by atoms with Gasteiger partial charge >= 0.3 is 16.2 Å². The van der Waals surface area contributed by atoms with Crippen LogP contribution < -0.4 is 9.47 Å². The molecule has 0 aliphatic carbocycles. The Morgan fingerprint density at radius 3 is 2.11 bits per heavy atom. The maximum Gasteiger partial charge on any atom is 0.343 e. The van der Waals surface area contributed by atoms with E-state index in [1.165, 1.54) is 12.1 Å². The summed E-state index contributed by atoms with van der Waals surface area (Å²) in [6, 6.07) is 7.17. The summed E-state index contributed by atoms with van der Waals surface area (Å²) in [7, 11) is -9.93. The van der Waals surface area contributed by atoms with Gasteiger partial charge in [-0.05, 0) is 42.8 Å². The predicted octanol–water partition coefficient (Wildman–Crippen LogP) is 7.79. The molecule has 28 heavy (non-hydrogen) atoms. The van der Waals surface area contributed by atoms with Crippen molar-refractivity contribution in [2.75, 3.05) is 6.61 Å². The third kappa shape index (κ3) is 6.27. The molecule has 10 heteroatoms. The van der Waals surface area contributed by atoms with Crippen LogP contribution in [0.1, 0.15) is 36.5 Å². The quantitative estimate of drug-likeness (QED) is 0.180. The number of benzene rings is 2. The Labute approximate surface area is 164 Å². The van der Waals surface area contributed by atoms with Crippen molar-refractivity contribution in [3.05, 3.63) is 53.1 Å². The molecule has 0 aliphatic heterocycles. The first-order valence-electron chi connectivity index (χ1n) is 8.29. The number of rotatable bonds is 8. The molecule has 3 nitrogen and oxygen atoms in total. The van der Waals surface area contributed by atoms with Crippen LogP contribution in [0, 0.1) is 0 Å². The van der Waals surface area contributed by atoms with Crippen molar-refractivity contribution in [1.29, 1.82) is 0 Å². The predicted molar refractivity (Wildman–Crippen MR) is 99.3 cm³/mol. The van der Waals surface area contributed by atoms with Crippen molar-refractivity contribution in [1.82, 2.24) is 0 Å². The highest BCUT2D eigenvalue weighted by atomic mass is 35.5. The van der Waals surface area contributed by atoms with Crippen LogP contribution in [0.25, 0.3) is 0 Å². The molecule has 0 amide bonds. The van der Waals surface area contributed by atoms with Gasteiger partial charge in [-0.25, -0.2) is 4.79 Å². The number of carbonyl (C=O) groups is 1. The van der Waals surface area contributed by atoms with Gasteiger partial charge < -0.3 is 9.47 Å². The zero-order valence-corrected chi connectivity index (χ0v) is 16.3. The van der Waals surface area contributed by atoms with Crippen molar-refractivity contribution < 1.29 is 33.7 Å². The Balaban J connectivity index is 2.06. The molecule has 0 heterocycles. The SMILES string of the molecule is CCCCCOc1ccc(C(=O)Oc2ccc(S(F)(F)(F)(F)F)c(Cl)c2)cc1. The first-order chi connectivity index (χ1) is 12.8. The lowest BCUT2D eigenvalue weighted by molar-refractivity contribution is 0.0734. The van der Waals surface area contributed by atoms with Crippen LogP contribution in [-0.4, -0.2) is 12.6 Å². The minimum atomic E-state index is -9.93. The number of halogens is 6. The lowest BCUT2D eigenvalue weighted by atomic mass is 10.2. The molecule has 0 saturated heterocycles. The molecule has 2 rings (SSSR count). The zero-order chi connectivity index (χ0) is 21.1. The van der Waals surface area contributed by atoms with Crippen molar-refractivity contribution in [3.63, 3.8) is 0 Å². The van der Waals surface area contributed by atoms with Crippen molar-refractivity contribution in [2.45, 2.75) is 31.1 Å². The summed E-state index contributed by atoms with van der Waals surface area (Å²) < 4.78 is 74.6. The minimum Gasteiger partial charge on any atom is -0.494 e. The average Bonchev–Trinajstić information content (AvgIpc) is 2.57. The summed E-state index contributed by atoms with van der Waals surface area (Å²) >= 11 is 5.34. The van der Waals surface area contributed by atoms with Gasteiger partial charge in [-0.2, -0.15) is 0 Å². The van der Waals surface area contributed by atoms with Crippen LogP contribution in [0.3, 0.4) is 0 Å². The Hall–Kier alpha value is -2.00. The summed E-state index contributed by atoms with van der Waals surface area (Å²) in [5, 5.41) is -1.25. The van der Waals surface area contributed by atoms with E-state index in [4.69, 9.17) is 21.1 Å². The van der Waals surface area contributed by atoms with Gasteiger partial charge in [0, 0.05) is 6.07 Å². The van der Waals surface area contributed by atoms with E-state index in [0.29, 0.717) is 24.5 Å². The number of unbranched alkanes of at least 4 members (excludes halogenated alkanes) is 2. The van der Waals surface area contributed by atoms with Crippen LogP contribution in [0.4, 0.5) is 19.4 Å². The molecule has 0 N–H and O–H groups in total. The third-order valence-corrected chi connectivity index (χ3v) is 5.25. The van der Waals surface area contributed by atoms with E-state index < -0.39 is 26.1 Å². The Morgan fingerprint density at radius 1 is 0.964 bits per heavy atom. The van der Waals surface area contributed by atoms with Crippen LogP contribution >= 0.6 is 21.8 Å². The number of hydrogen-bond donors (Lipinski definition) is 0. The van der Waals surface area contributed by atoms with Crippen LogP contribution in [0.2, 0.25) is 5.02 Å². The van der Waals surface area contributed by atoms with E-state index in [9.17, 15) is 24.2 Å². The van der Waals surface area contributed by atoms with E-state index >= 15 is 0 Å². The molecule has 0 saturated carbocycles. The summed E-state index contributed by atoms with van der Waals surface area (Å²) in [5.74, 6) is -0.717. The lowest BCUT2D eigenvalue weighted by Crippen LogP contribution is -2.10. The second-order valence-electron chi connectivity index (χ2n) is 6.03. The van der Waals surface area contributed by atoms with Gasteiger partial charge in [-0.15, -0.1) is 0 Å². The molecular formula is C18H18ClF5O3S. The van der Waals surface area contributed by atoms with Crippen LogP contribution in [-0.2, 0) is 0 Å². The fourth-order valence-electron chi connectivity index (χ4n) is 2.25. The summed E-state index contributed by atoms with van der Waals surface area (Å²) in [6.07, 6.45) is 2.99. The zero-order valence-electron chi connectivity index (χ0n) is 14.8. The van der Waals surface area contributed by atoms with Gasteiger partial charge in [0.2, 0.25) is 0 Å². The molecule has 0 aromatic heterocycles. The number of hydrogen-bond acceptors (Lipinski definition) is 3. The van der Waals surface area contributed by atoms with Gasteiger partial charge in [0.1, 0.15) is 16.4 Å². The van der Waals surface area contributed by atoms with Crippen LogP contribution in [0.5, 0.6) is 11.5 Å². The molecule has 156 valence electrons. The third-order valence-electron chi connectivity index (χ3n) is 3.64. The lowest BCUT2D eigenvalue weighted by Gasteiger charge is -2.41. The molecular weight excluding hydrogens is 427 g/mol. The van der Waals surface area contributed by atoms with Crippen LogP contribution in [0.15, 0.2) is 47.4 Å². The molecule has 0 bridgehead atoms. The van der Waals surface area contributed by atoms with E-state index in [1.54, 1.807) is 12.1 Å². The Bertz CT molecular complexity index is 854. The van der Waals surface area contributed by atoms with Gasteiger partial charge in [0.15, 0.2) is 0 Å². The summed E-state index contributed by atoms with van der Waals surface area (Å²) in [5.41, 5.74) is 0.105. The van der Waals surface area contributed by atoms with Crippen molar-refractivity contribution in [3.8, 4) is 11.5 Å². The monoisotopic (exact) mass is 444 g/mol. The van der Waals surface area contributed by atoms with Gasteiger partial charge in [-0.1, -0.05) is 50.8 Å². The maximum absolute atomic E-state index is 12.8. The minimum absolute atomic E-state index is 0.0970. The average molecular weight is 445 g/mol. The maximum atomic E-state index is 12.8. The highest BCUT2D eigenvalue weighted by Gasteiger charge is 2.66. The number of carbonyl (C=O) groups excluding carboxylic acids is 1. The highest BCUT2D eigenvalue weighted by molar-refractivity contribution is 8.45.